The van der Waals surface area contributed by atoms with Crippen LogP contribution in [0.25, 0.3) is 6.08 Å². The summed E-state index contributed by atoms with van der Waals surface area (Å²) < 4.78 is 5.18. The predicted octanol–water partition coefficient (Wildman–Crippen LogP) is 2.18. The van der Waals surface area contributed by atoms with Crippen molar-refractivity contribution in [2.45, 2.75) is 19.3 Å². The fourth-order valence-corrected chi connectivity index (χ4v) is 1.87. The highest BCUT2D eigenvalue weighted by atomic mass is 16.6. The Hall–Kier alpha value is -1.97. The maximum Gasteiger partial charge on any atom is 0.363 e. The van der Waals surface area contributed by atoms with E-state index in [1.165, 1.54) is 6.42 Å². The van der Waals surface area contributed by atoms with E-state index < -0.39 is 0 Å². The predicted molar refractivity (Wildman–Crippen MR) is 63.1 cm³/mol. The largest absolute Gasteiger partial charge is 0.406 e. The second-order valence-corrected chi connectivity index (χ2v) is 4.28. The van der Waals surface area contributed by atoms with Gasteiger partial charge in [0.25, 0.3) is 0 Å². The van der Waals surface area contributed by atoms with E-state index in [4.69, 9.17) is 4.74 Å². The molecule has 1 saturated carbocycles. The quantitative estimate of drug-likeness (QED) is 0.575. The van der Waals surface area contributed by atoms with Crippen LogP contribution in [0.3, 0.4) is 0 Å². The Morgan fingerprint density at radius 1 is 1.29 bits per heavy atom. The van der Waals surface area contributed by atoms with Gasteiger partial charge in [0, 0.05) is 18.3 Å². The molecule has 4 heteroatoms. The normalized spacial score (nSPS) is 22.2. The van der Waals surface area contributed by atoms with Gasteiger partial charge in [-0.1, -0.05) is 6.42 Å². The van der Waals surface area contributed by atoms with Gasteiger partial charge in [-0.2, -0.15) is 0 Å². The Morgan fingerprint density at radius 2 is 2.06 bits per heavy atom. The van der Waals surface area contributed by atoms with Crippen molar-refractivity contribution in [1.29, 1.82) is 0 Å². The Labute approximate surface area is 99.0 Å². The number of rotatable bonds is 2. The molecular formula is C13H12N2O2. The minimum atomic E-state index is -0.344. The smallest absolute Gasteiger partial charge is 0.363 e. The van der Waals surface area contributed by atoms with E-state index in [9.17, 15) is 4.79 Å². The van der Waals surface area contributed by atoms with E-state index in [0.717, 1.165) is 18.4 Å². The summed E-state index contributed by atoms with van der Waals surface area (Å²) in [5.74, 6) is 0.604. The first-order valence-corrected chi connectivity index (χ1v) is 5.75. The number of hydrogen-bond acceptors (Lipinski definition) is 4. The number of pyridine rings is 1. The fraction of sp³-hybridized carbons (Fsp3) is 0.308. The molecule has 0 atom stereocenters. The highest BCUT2D eigenvalue weighted by molar-refractivity contribution is 6.07. The standard InChI is InChI=1S/C13H12N2O2/c16-13-11(8-9-4-6-14-7-5-9)15-12(17-13)10-2-1-3-10/h4-8,10H,1-3H2/b11-8+. The number of esters is 1. The maximum atomic E-state index is 11.6. The molecule has 0 spiro atoms. The van der Waals surface area contributed by atoms with Crippen molar-refractivity contribution >= 4 is 17.9 Å². The van der Waals surface area contributed by atoms with Crippen LogP contribution < -0.4 is 0 Å². The minimum absolute atomic E-state index is 0.344. The molecule has 86 valence electrons. The molecule has 0 radical (unpaired) electrons. The molecule has 3 rings (SSSR count). The van der Waals surface area contributed by atoms with E-state index in [1.54, 1.807) is 18.5 Å². The molecule has 4 nitrogen and oxygen atoms in total. The van der Waals surface area contributed by atoms with Crippen LogP contribution in [-0.2, 0) is 9.53 Å². The van der Waals surface area contributed by atoms with Crippen LogP contribution in [0.4, 0.5) is 0 Å². The summed E-state index contributed by atoms with van der Waals surface area (Å²) >= 11 is 0. The van der Waals surface area contributed by atoms with Crippen molar-refractivity contribution in [2.24, 2.45) is 10.9 Å². The van der Waals surface area contributed by atoms with Gasteiger partial charge >= 0.3 is 5.97 Å². The molecule has 1 aromatic rings. The molecule has 2 aliphatic rings. The van der Waals surface area contributed by atoms with Gasteiger partial charge in [-0.05, 0) is 36.6 Å². The summed E-state index contributed by atoms with van der Waals surface area (Å²) in [4.78, 5) is 19.8. The summed E-state index contributed by atoms with van der Waals surface area (Å²) in [7, 11) is 0. The first-order chi connectivity index (χ1) is 8.33. The zero-order chi connectivity index (χ0) is 11.7. The summed E-state index contributed by atoms with van der Waals surface area (Å²) in [6, 6.07) is 3.66. The van der Waals surface area contributed by atoms with E-state index in [1.807, 2.05) is 12.1 Å². The third-order valence-corrected chi connectivity index (χ3v) is 3.10. The number of ether oxygens (including phenoxy) is 1. The maximum absolute atomic E-state index is 11.6. The lowest BCUT2D eigenvalue weighted by Gasteiger charge is -2.23. The number of carbonyl (C=O) groups excluding carboxylic acids is 1. The lowest BCUT2D eigenvalue weighted by molar-refractivity contribution is -0.130. The Bertz CT molecular complexity index is 501. The fourth-order valence-electron chi connectivity index (χ4n) is 1.87. The number of cyclic esters (lactones) is 1. The molecule has 17 heavy (non-hydrogen) atoms. The Morgan fingerprint density at radius 3 is 2.71 bits per heavy atom. The highest BCUT2D eigenvalue weighted by Crippen LogP contribution is 2.31. The van der Waals surface area contributed by atoms with E-state index in [-0.39, 0.29) is 5.97 Å². The summed E-state index contributed by atoms with van der Waals surface area (Å²) in [5.41, 5.74) is 1.30. The SMILES string of the molecule is O=C1OC(C2CCC2)=N/C1=C/c1ccncc1. The molecule has 2 heterocycles. The molecule has 0 bridgehead atoms. The molecule has 1 aliphatic heterocycles. The minimum Gasteiger partial charge on any atom is -0.406 e. The van der Waals surface area contributed by atoms with E-state index in [0.29, 0.717) is 17.5 Å². The van der Waals surface area contributed by atoms with Gasteiger partial charge < -0.3 is 4.74 Å². The molecule has 0 unspecified atom stereocenters. The van der Waals surface area contributed by atoms with Gasteiger partial charge in [0.05, 0.1) is 0 Å². The molecule has 1 fully saturated rings. The average Bonchev–Trinajstić information content (AvgIpc) is 2.59. The number of aromatic nitrogens is 1. The lowest BCUT2D eigenvalue weighted by Crippen LogP contribution is -2.22. The second kappa shape index (κ2) is 4.13. The van der Waals surface area contributed by atoms with E-state index >= 15 is 0 Å². The van der Waals surface area contributed by atoms with Crippen LogP contribution in [0.1, 0.15) is 24.8 Å². The number of carbonyl (C=O) groups is 1. The zero-order valence-corrected chi connectivity index (χ0v) is 9.30. The number of nitrogens with zero attached hydrogens (tertiary/aromatic N) is 2. The third kappa shape index (κ3) is 1.98. The van der Waals surface area contributed by atoms with Crippen LogP contribution >= 0.6 is 0 Å². The summed E-state index contributed by atoms with van der Waals surface area (Å²) in [6.07, 6.45) is 8.45. The second-order valence-electron chi connectivity index (χ2n) is 4.28. The average molecular weight is 228 g/mol. The summed E-state index contributed by atoms with van der Waals surface area (Å²) in [6.45, 7) is 0. The van der Waals surface area contributed by atoms with Crippen molar-refractivity contribution in [3.63, 3.8) is 0 Å². The van der Waals surface area contributed by atoms with Crippen molar-refractivity contribution in [1.82, 2.24) is 4.98 Å². The first kappa shape index (κ1) is 10.2. The third-order valence-electron chi connectivity index (χ3n) is 3.10. The first-order valence-electron chi connectivity index (χ1n) is 5.75. The van der Waals surface area contributed by atoms with Gasteiger partial charge in [-0.25, -0.2) is 9.79 Å². The van der Waals surface area contributed by atoms with Gasteiger partial charge in [-0.3, -0.25) is 4.98 Å². The van der Waals surface area contributed by atoms with Gasteiger partial charge in [0.1, 0.15) is 0 Å². The van der Waals surface area contributed by atoms with Crippen molar-refractivity contribution in [2.75, 3.05) is 0 Å². The number of hydrogen-bond donors (Lipinski definition) is 0. The van der Waals surface area contributed by atoms with Gasteiger partial charge in [-0.15, -0.1) is 0 Å². The molecule has 1 aliphatic carbocycles. The van der Waals surface area contributed by atoms with E-state index in [2.05, 4.69) is 9.98 Å². The molecule has 0 N–H and O–H groups in total. The van der Waals surface area contributed by atoms with Crippen molar-refractivity contribution in [3.8, 4) is 0 Å². The highest BCUT2D eigenvalue weighted by Gasteiger charge is 2.32. The Balaban J connectivity index is 1.85. The zero-order valence-electron chi connectivity index (χ0n) is 9.30. The topological polar surface area (TPSA) is 51.5 Å². The number of aliphatic imine (C=N–C) groups is 1. The monoisotopic (exact) mass is 228 g/mol. The molecule has 0 aromatic carbocycles. The Kier molecular flexibility index (Phi) is 2.48. The van der Waals surface area contributed by atoms with Crippen LogP contribution in [-0.4, -0.2) is 16.9 Å². The molecule has 0 saturated heterocycles. The van der Waals surface area contributed by atoms with Crippen LogP contribution in [0.5, 0.6) is 0 Å². The van der Waals surface area contributed by atoms with Crippen molar-refractivity contribution in [3.05, 3.63) is 35.8 Å². The molecular weight excluding hydrogens is 216 g/mol. The lowest BCUT2D eigenvalue weighted by atomic mass is 9.85. The van der Waals surface area contributed by atoms with Crippen LogP contribution in [0.15, 0.2) is 35.2 Å². The van der Waals surface area contributed by atoms with Crippen molar-refractivity contribution < 1.29 is 9.53 Å². The van der Waals surface area contributed by atoms with Crippen LogP contribution in [0, 0.1) is 5.92 Å². The van der Waals surface area contributed by atoms with Crippen LogP contribution in [0.2, 0.25) is 0 Å². The molecule has 1 aromatic heterocycles. The van der Waals surface area contributed by atoms with Gasteiger partial charge in [0.2, 0.25) is 5.90 Å². The van der Waals surface area contributed by atoms with Gasteiger partial charge in [0.15, 0.2) is 5.70 Å². The summed E-state index contributed by atoms with van der Waals surface area (Å²) in [5, 5.41) is 0. The molecule has 0 amide bonds.